The minimum absolute atomic E-state index is 0.0848. The Morgan fingerprint density at radius 2 is 1.87 bits per heavy atom. The van der Waals surface area contributed by atoms with Gasteiger partial charge >= 0.3 is 0 Å². The summed E-state index contributed by atoms with van der Waals surface area (Å²) in [5.41, 5.74) is 4.06. The number of anilines is 1. The van der Waals surface area contributed by atoms with Crippen molar-refractivity contribution in [1.29, 1.82) is 0 Å². The van der Waals surface area contributed by atoms with Crippen LogP contribution in [0.1, 0.15) is 41.4 Å². The number of amides is 1. The van der Waals surface area contributed by atoms with E-state index in [0.29, 0.717) is 36.7 Å². The summed E-state index contributed by atoms with van der Waals surface area (Å²) >= 11 is 0. The number of carbonyl (C=O) groups is 1. The second-order valence-corrected chi connectivity index (χ2v) is 9.70. The van der Waals surface area contributed by atoms with Gasteiger partial charge in [0.2, 0.25) is 10.0 Å². The molecule has 7 nitrogen and oxygen atoms in total. The highest BCUT2D eigenvalue weighted by atomic mass is 32.2. The van der Waals surface area contributed by atoms with Crippen LogP contribution in [0, 0.1) is 13.8 Å². The number of sulfonamides is 1. The number of rotatable bonds is 6. The van der Waals surface area contributed by atoms with Crippen LogP contribution in [0.25, 0.3) is 10.9 Å². The maximum atomic E-state index is 13.2. The molecule has 1 saturated heterocycles. The molecule has 1 aromatic heterocycles. The van der Waals surface area contributed by atoms with E-state index < -0.39 is 10.0 Å². The van der Waals surface area contributed by atoms with E-state index in [-0.39, 0.29) is 10.8 Å². The second kappa shape index (κ2) is 8.36. The number of H-pyrrole nitrogens is 1. The van der Waals surface area contributed by atoms with Gasteiger partial charge in [-0.2, -0.15) is 4.31 Å². The van der Waals surface area contributed by atoms with E-state index in [1.165, 1.54) is 10.4 Å². The first-order valence-corrected chi connectivity index (χ1v) is 11.9. The molecule has 0 atom stereocenters. The summed E-state index contributed by atoms with van der Waals surface area (Å²) < 4.78 is 33.4. The lowest BCUT2D eigenvalue weighted by Gasteiger charge is -2.19. The predicted molar refractivity (Wildman–Crippen MR) is 121 cm³/mol. The van der Waals surface area contributed by atoms with Crippen molar-refractivity contribution in [3.63, 3.8) is 0 Å². The largest absolute Gasteiger partial charge is 0.492 e. The highest BCUT2D eigenvalue weighted by Gasteiger charge is 2.30. The Morgan fingerprint density at radius 3 is 2.58 bits per heavy atom. The number of aryl methyl sites for hydroxylation is 2. The fraction of sp³-hybridized carbons (Fsp3) is 0.348. The van der Waals surface area contributed by atoms with Gasteiger partial charge in [-0.25, -0.2) is 8.42 Å². The summed E-state index contributed by atoms with van der Waals surface area (Å²) in [6, 6.07) is 10.2. The third-order valence-electron chi connectivity index (χ3n) is 5.75. The van der Waals surface area contributed by atoms with Crippen LogP contribution in [0.15, 0.2) is 41.3 Å². The number of hydrogen-bond acceptors (Lipinski definition) is 4. The molecule has 0 saturated carbocycles. The summed E-state index contributed by atoms with van der Waals surface area (Å²) in [7, 11) is -3.69. The molecule has 0 spiro atoms. The van der Waals surface area contributed by atoms with E-state index >= 15 is 0 Å². The molecule has 8 heteroatoms. The minimum atomic E-state index is -3.69. The zero-order valence-corrected chi connectivity index (χ0v) is 18.8. The monoisotopic (exact) mass is 441 g/mol. The van der Waals surface area contributed by atoms with Crippen LogP contribution in [0.5, 0.6) is 5.75 Å². The van der Waals surface area contributed by atoms with Crippen LogP contribution in [-0.4, -0.2) is 43.3 Å². The number of fused-ring (bicyclic) bond motifs is 1. The molecule has 0 bridgehead atoms. The number of aromatic nitrogens is 1. The number of carbonyl (C=O) groups excluding carboxylic acids is 1. The Labute approximate surface area is 182 Å². The van der Waals surface area contributed by atoms with E-state index in [1.807, 2.05) is 32.9 Å². The smallest absolute Gasteiger partial charge is 0.255 e. The number of nitrogens with zero attached hydrogens (tertiary/aromatic N) is 1. The van der Waals surface area contributed by atoms with Crippen LogP contribution in [0.4, 0.5) is 5.69 Å². The lowest BCUT2D eigenvalue weighted by Crippen LogP contribution is -2.28. The molecular weight excluding hydrogens is 414 g/mol. The molecule has 164 valence electrons. The van der Waals surface area contributed by atoms with Gasteiger partial charge < -0.3 is 15.0 Å². The van der Waals surface area contributed by atoms with Gasteiger partial charge in [0.05, 0.1) is 6.61 Å². The van der Waals surface area contributed by atoms with E-state index in [9.17, 15) is 13.2 Å². The molecule has 0 unspecified atom stereocenters. The van der Waals surface area contributed by atoms with Gasteiger partial charge in [-0.3, -0.25) is 4.79 Å². The Bertz CT molecular complexity index is 1240. The number of nitrogens with one attached hydrogen (secondary N) is 2. The predicted octanol–water partition coefficient (Wildman–Crippen LogP) is 4.22. The van der Waals surface area contributed by atoms with Crippen molar-refractivity contribution in [3.8, 4) is 5.75 Å². The van der Waals surface area contributed by atoms with Crippen molar-refractivity contribution in [2.75, 3.05) is 25.0 Å². The topological polar surface area (TPSA) is 91.5 Å². The summed E-state index contributed by atoms with van der Waals surface area (Å²) in [5.74, 6) is 0.000995. The SMILES string of the molecule is CCOc1ccc(NC(=O)c2ccc3[nH]c(C)c(C)c3c2)cc1S(=O)(=O)N1CCCC1. The fourth-order valence-electron chi connectivity index (χ4n) is 3.94. The van der Waals surface area contributed by atoms with Gasteiger partial charge in [-0.1, -0.05) is 0 Å². The first-order valence-electron chi connectivity index (χ1n) is 10.5. The molecule has 2 N–H and O–H groups in total. The van der Waals surface area contributed by atoms with Crippen molar-refractivity contribution in [2.24, 2.45) is 0 Å². The summed E-state index contributed by atoms with van der Waals surface area (Å²) in [4.78, 5) is 16.3. The first-order chi connectivity index (χ1) is 14.8. The molecule has 1 amide bonds. The van der Waals surface area contributed by atoms with Crippen molar-refractivity contribution < 1.29 is 17.9 Å². The van der Waals surface area contributed by atoms with Crippen LogP contribution >= 0.6 is 0 Å². The maximum Gasteiger partial charge on any atom is 0.255 e. The molecule has 0 radical (unpaired) electrons. The van der Waals surface area contributed by atoms with Gasteiger partial charge in [0.15, 0.2) is 0 Å². The first kappa shape index (κ1) is 21.4. The molecule has 4 rings (SSSR count). The summed E-state index contributed by atoms with van der Waals surface area (Å²) in [5, 5.41) is 3.83. The van der Waals surface area contributed by atoms with Gasteiger partial charge in [0.25, 0.3) is 5.91 Å². The molecule has 1 aliphatic heterocycles. The molecule has 1 fully saturated rings. The molecular formula is C23H27N3O4S. The molecule has 3 aromatic rings. The Morgan fingerprint density at radius 1 is 1.13 bits per heavy atom. The zero-order chi connectivity index (χ0) is 22.2. The fourth-order valence-corrected chi connectivity index (χ4v) is 5.61. The average Bonchev–Trinajstić information content (AvgIpc) is 3.38. The van der Waals surface area contributed by atoms with Crippen molar-refractivity contribution in [1.82, 2.24) is 9.29 Å². The zero-order valence-electron chi connectivity index (χ0n) is 18.0. The van der Waals surface area contributed by atoms with Gasteiger partial charge in [0, 0.05) is 40.9 Å². The van der Waals surface area contributed by atoms with Crippen LogP contribution in [0.3, 0.4) is 0 Å². The van der Waals surface area contributed by atoms with Crippen LogP contribution < -0.4 is 10.1 Å². The normalized spacial score (nSPS) is 14.8. The highest BCUT2D eigenvalue weighted by Crippen LogP contribution is 2.32. The third kappa shape index (κ3) is 4.05. The molecule has 31 heavy (non-hydrogen) atoms. The van der Waals surface area contributed by atoms with Crippen molar-refractivity contribution in [3.05, 3.63) is 53.2 Å². The van der Waals surface area contributed by atoms with Crippen LogP contribution in [0.2, 0.25) is 0 Å². The van der Waals surface area contributed by atoms with Crippen molar-refractivity contribution in [2.45, 2.75) is 38.5 Å². The minimum Gasteiger partial charge on any atom is -0.492 e. The Balaban J connectivity index is 1.65. The quantitative estimate of drug-likeness (QED) is 0.599. The third-order valence-corrected chi connectivity index (χ3v) is 7.67. The molecule has 2 aromatic carbocycles. The number of ether oxygens (including phenoxy) is 1. The molecule has 2 heterocycles. The molecule has 0 aliphatic carbocycles. The van der Waals surface area contributed by atoms with Crippen molar-refractivity contribution >= 4 is 32.5 Å². The number of hydrogen-bond donors (Lipinski definition) is 2. The van der Waals surface area contributed by atoms with Gasteiger partial charge in [0.1, 0.15) is 10.6 Å². The lowest BCUT2D eigenvalue weighted by atomic mass is 10.1. The second-order valence-electron chi connectivity index (χ2n) is 7.80. The van der Waals surface area contributed by atoms with Gasteiger partial charge in [-0.15, -0.1) is 0 Å². The van der Waals surface area contributed by atoms with E-state index in [4.69, 9.17) is 4.74 Å². The highest BCUT2D eigenvalue weighted by molar-refractivity contribution is 7.89. The van der Waals surface area contributed by atoms with Crippen LogP contribution in [-0.2, 0) is 10.0 Å². The summed E-state index contributed by atoms with van der Waals surface area (Å²) in [6.07, 6.45) is 1.69. The number of benzene rings is 2. The Hall–Kier alpha value is -2.84. The lowest BCUT2D eigenvalue weighted by molar-refractivity contribution is 0.102. The number of aromatic amines is 1. The maximum absolute atomic E-state index is 13.2. The van der Waals surface area contributed by atoms with Gasteiger partial charge in [-0.05, 0) is 75.6 Å². The molecule has 1 aliphatic rings. The standard InChI is InChI=1S/C23H27N3O4S/c1-4-30-21-10-8-18(14-22(21)31(28,29)26-11-5-6-12-26)25-23(27)17-7-9-20-19(13-17)15(2)16(3)24-20/h7-10,13-14,24H,4-6,11-12H2,1-3H3,(H,25,27). The van der Waals surface area contributed by atoms with E-state index in [2.05, 4.69) is 10.3 Å². The Kier molecular flexibility index (Phi) is 5.77. The van der Waals surface area contributed by atoms with E-state index in [0.717, 1.165) is 35.0 Å². The average molecular weight is 442 g/mol. The summed E-state index contributed by atoms with van der Waals surface area (Å²) in [6.45, 7) is 7.17. The van der Waals surface area contributed by atoms with E-state index in [1.54, 1.807) is 18.2 Å².